The van der Waals surface area contributed by atoms with Crippen LogP contribution in [0.3, 0.4) is 0 Å². The van der Waals surface area contributed by atoms with Crippen LogP contribution < -0.4 is 14.8 Å². The summed E-state index contributed by atoms with van der Waals surface area (Å²) in [5.74, 6) is -3.51. The largest absolute Gasteiger partial charge is 0.493 e. The van der Waals surface area contributed by atoms with Crippen LogP contribution in [0.5, 0.6) is 11.5 Å². The number of benzene rings is 1. The van der Waals surface area contributed by atoms with Gasteiger partial charge in [-0.1, -0.05) is 32.4 Å². The molecule has 2 aromatic rings. The summed E-state index contributed by atoms with van der Waals surface area (Å²) in [6.07, 6.45) is 1.39. The molecular weight excluding hydrogens is 591 g/mol. The Morgan fingerprint density at radius 3 is 2.53 bits per heavy atom. The van der Waals surface area contributed by atoms with E-state index < -0.39 is 54.8 Å². The van der Waals surface area contributed by atoms with E-state index in [-0.39, 0.29) is 42.0 Å². The van der Waals surface area contributed by atoms with E-state index in [2.05, 4.69) is 10.3 Å². The Bertz CT molecular complexity index is 1300. The van der Waals surface area contributed by atoms with Gasteiger partial charge < -0.3 is 33.7 Å². The van der Waals surface area contributed by atoms with Gasteiger partial charge in [-0.3, -0.25) is 9.59 Å². The number of hydrogen-bond donors (Lipinski definition) is 1. The molecule has 12 nitrogen and oxygen atoms in total. The van der Waals surface area contributed by atoms with Crippen LogP contribution in [0.25, 0.3) is 0 Å². The molecule has 0 bridgehead atoms. The minimum absolute atomic E-state index is 0.0912. The van der Waals surface area contributed by atoms with E-state index in [1.54, 1.807) is 39.8 Å². The number of esters is 3. The Morgan fingerprint density at radius 1 is 1.13 bits per heavy atom. The number of nitrogens with one attached hydrogen (secondary N) is 1. The minimum Gasteiger partial charge on any atom is -0.493 e. The van der Waals surface area contributed by atoms with Crippen molar-refractivity contribution < 1.29 is 52.0 Å². The van der Waals surface area contributed by atoms with Crippen molar-refractivity contribution in [1.29, 1.82) is 0 Å². The van der Waals surface area contributed by atoms with Crippen molar-refractivity contribution in [1.82, 2.24) is 10.3 Å². The van der Waals surface area contributed by atoms with Gasteiger partial charge in [0.2, 0.25) is 6.79 Å². The lowest BCUT2D eigenvalue weighted by atomic mass is 9.86. The first-order chi connectivity index (χ1) is 21.5. The topological polar surface area (TPSA) is 149 Å². The molecule has 2 heterocycles. The molecule has 0 radical (unpaired) electrons. The highest BCUT2D eigenvalue weighted by molar-refractivity contribution is 5.98. The van der Waals surface area contributed by atoms with Crippen LogP contribution in [0.2, 0.25) is 0 Å². The van der Waals surface area contributed by atoms with Crippen molar-refractivity contribution in [3.05, 3.63) is 53.6 Å². The van der Waals surface area contributed by atoms with Gasteiger partial charge in [0, 0.05) is 24.8 Å². The van der Waals surface area contributed by atoms with Crippen molar-refractivity contribution in [2.75, 3.05) is 27.1 Å². The van der Waals surface area contributed by atoms with E-state index in [1.807, 2.05) is 0 Å². The van der Waals surface area contributed by atoms with Gasteiger partial charge in [-0.25, -0.2) is 19.0 Å². The summed E-state index contributed by atoms with van der Waals surface area (Å²) < 4.78 is 46.0. The second-order valence-corrected chi connectivity index (χ2v) is 10.9. The van der Waals surface area contributed by atoms with Crippen LogP contribution in [-0.4, -0.2) is 74.2 Å². The minimum atomic E-state index is -1.06. The van der Waals surface area contributed by atoms with Crippen molar-refractivity contribution >= 4 is 23.8 Å². The van der Waals surface area contributed by atoms with Crippen molar-refractivity contribution in [3.8, 4) is 11.5 Å². The van der Waals surface area contributed by atoms with E-state index in [1.165, 1.54) is 31.5 Å². The fraction of sp³-hybridized carbons (Fsp3) is 0.531. The standard InChI is InChI=1S/C32H41FN2O10/c1-6-41-17-26(36)42-18-43-29-25(40-5)14-15-34-27(29)30(37)35-24-9-7-8-22(16-21-10-12-23(33)13-11-21)28(20(4)44-32(24)39)45-31(38)19(2)3/h10-15,19-20,22,24,28H,6-9,16-18H2,1-5H3,(H,35,37). The number of pyridine rings is 1. The van der Waals surface area contributed by atoms with Crippen molar-refractivity contribution in [2.45, 2.75) is 71.6 Å². The molecule has 0 saturated carbocycles. The number of halogens is 1. The van der Waals surface area contributed by atoms with Gasteiger partial charge in [0.1, 0.15) is 30.7 Å². The van der Waals surface area contributed by atoms with Crippen LogP contribution in [0, 0.1) is 17.7 Å². The second kappa shape index (κ2) is 17.3. The molecule has 1 fully saturated rings. The average Bonchev–Trinajstić information content (AvgIpc) is 3.06. The van der Waals surface area contributed by atoms with Gasteiger partial charge in [-0.05, 0) is 50.8 Å². The summed E-state index contributed by atoms with van der Waals surface area (Å²) in [7, 11) is 1.37. The van der Waals surface area contributed by atoms with E-state index in [4.69, 9.17) is 28.4 Å². The lowest BCUT2D eigenvalue weighted by Gasteiger charge is -2.31. The van der Waals surface area contributed by atoms with Gasteiger partial charge in [0.15, 0.2) is 17.2 Å². The lowest BCUT2D eigenvalue weighted by Crippen LogP contribution is -2.45. The van der Waals surface area contributed by atoms with Gasteiger partial charge in [0.05, 0.1) is 13.0 Å². The summed E-state index contributed by atoms with van der Waals surface area (Å²) in [5, 5.41) is 2.68. The van der Waals surface area contributed by atoms with E-state index in [0.29, 0.717) is 25.9 Å². The molecule has 4 atom stereocenters. The molecule has 1 aromatic carbocycles. The smallest absolute Gasteiger partial charge is 0.334 e. The van der Waals surface area contributed by atoms with Gasteiger partial charge in [0.25, 0.3) is 5.91 Å². The number of aromatic nitrogens is 1. The third kappa shape index (κ3) is 10.4. The maximum Gasteiger partial charge on any atom is 0.334 e. The molecule has 1 amide bonds. The lowest BCUT2D eigenvalue weighted by molar-refractivity contribution is -0.173. The molecule has 246 valence electrons. The molecule has 1 aromatic heterocycles. The van der Waals surface area contributed by atoms with E-state index in [9.17, 15) is 23.6 Å². The Morgan fingerprint density at radius 2 is 1.87 bits per heavy atom. The highest BCUT2D eigenvalue weighted by atomic mass is 19.1. The molecule has 0 aliphatic carbocycles. The number of carbonyl (C=O) groups excluding carboxylic acids is 4. The first kappa shape index (κ1) is 35.2. The zero-order chi connectivity index (χ0) is 32.9. The number of carbonyl (C=O) groups is 4. The molecule has 13 heteroatoms. The van der Waals surface area contributed by atoms with Gasteiger partial charge >= 0.3 is 17.9 Å². The van der Waals surface area contributed by atoms with Crippen molar-refractivity contribution in [2.24, 2.45) is 11.8 Å². The number of ether oxygens (including phenoxy) is 6. The first-order valence-corrected chi connectivity index (χ1v) is 14.9. The number of cyclic esters (lactones) is 1. The predicted molar refractivity (Wildman–Crippen MR) is 158 cm³/mol. The molecular formula is C32H41FN2O10. The van der Waals surface area contributed by atoms with E-state index >= 15 is 0 Å². The quantitative estimate of drug-likeness (QED) is 0.195. The fourth-order valence-electron chi connectivity index (χ4n) is 4.82. The summed E-state index contributed by atoms with van der Waals surface area (Å²) >= 11 is 0. The zero-order valence-corrected chi connectivity index (χ0v) is 26.2. The average molecular weight is 633 g/mol. The summed E-state index contributed by atoms with van der Waals surface area (Å²) in [5.41, 5.74) is 0.642. The number of rotatable bonds is 13. The SMILES string of the molecule is CCOCC(=O)OCOc1c(OC)ccnc1C(=O)NC1CCCC(Cc2ccc(F)cc2)C(OC(=O)C(C)C)C(C)OC1=O. The highest BCUT2D eigenvalue weighted by Crippen LogP contribution is 2.31. The molecule has 4 unspecified atom stereocenters. The number of hydrogen-bond acceptors (Lipinski definition) is 11. The Kier molecular flexibility index (Phi) is 13.5. The third-order valence-electron chi connectivity index (χ3n) is 7.17. The van der Waals surface area contributed by atoms with Crippen LogP contribution in [0.15, 0.2) is 36.5 Å². The molecule has 1 aliphatic rings. The summed E-state index contributed by atoms with van der Waals surface area (Å²) in [4.78, 5) is 55.3. The monoisotopic (exact) mass is 632 g/mol. The number of methoxy groups -OCH3 is 1. The second-order valence-electron chi connectivity index (χ2n) is 10.9. The summed E-state index contributed by atoms with van der Waals surface area (Å²) in [6, 6.07) is 6.47. The molecule has 1 saturated heterocycles. The van der Waals surface area contributed by atoms with Crippen LogP contribution in [0.4, 0.5) is 4.39 Å². The first-order valence-electron chi connectivity index (χ1n) is 14.9. The predicted octanol–water partition coefficient (Wildman–Crippen LogP) is 3.79. The van der Waals surface area contributed by atoms with Gasteiger partial charge in [-0.2, -0.15) is 0 Å². The normalized spacial score (nSPS) is 20.2. The van der Waals surface area contributed by atoms with Crippen LogP contribution in [0.1, 0.15) is 63.0 Å². The van der Waals surface area contributed by atoms with Crippen LogP contribution in [-0.2, 0) is 39.8 Å². The highest BCUT2D eigenvalue weighted by Gasteiger charge is 2.37. The zero-order valence-electron chi connectivity index (χ0n) is 26.2. The molecule has 45 heavy (non-hydrogen) atoms. The molecule has 0 spiro atoms. The fourth-order valence-corrected chi connectivity index (χ4v) is 4.82. The molecule has 1 N–H and O–H groups in total. The number of amides is 1. The van der Waals surface area contributed by atoms with Gasteiger partial charge in [-0.15, -0.1) is 0 Å². The maximum absolute atomic E-state index is 13.5. The van der Waals surface area contributed by atoms with E-state index in [0.717, 1.165) is 5.56 Å². The maximum atomic E-state index is 13.5. The Hall–Kier alpha value is -4.26. The third-order valence-corrected chi connectivity index (χ3v) is 7.17. The van der Waals surface area contributed by atoms with Crippen molar-refractivity contribution in [3.63, 3.8) is 0 Å². The Balaban J connectivity index is 1.78. The number of nitrogens with zero attached hydrogens (tertiary/aromatic N) is 1. The molecule has 1 aliphatic heterocycles. The Labute approximate surface area is 261 Å². The van der Waals surface area contributed by atoms with Crippen LogP contribution >= 0.6 is 0 Å². The summed E-state index contributed by atoms with van der Waals surface area (Å²) in [6.45, 7) is 6.33. The molecule has 3 rings (SSSR count).